The van der Waals surface area contributed by atoms with Crippen molar-refractivity contribution in [3.05, 3.63) is 76.0 Å². The van der Waals surface area contributed by atoms with Gasteiger partial charge in [-0.2, -0.15) is 0 Å². The molecule has 7 heteroatoms. The third kappa shape index (κ3) is 4.11. The Morgan fingerprint density at radius 3 is 2.70 bits per heavy atom. The van der Waals surface area contributed by atoms with E-state index in [0.717, 1.165) is 21.7 Å². The first-order chi connectivity index (χ1) is 14.3. The number of hydrogen-bond donors (Lipinski definition) is 1. The second-order valence-corrected chi connectivity index (χ2v) is 9.78. The van der Waals surface area contributed by atoms with E-state index in [1.807, 2.05) is 30.5 Å². The molecule has 0 saturated carbocycles. The standard InChI is InChI=1S/C23H20N2O3S2/c1-16-13-19-15-22(10-11-23(19)25(16)17(2)26)30(27,28)24-20-6-3-5-18(14-20)8-9-21-7-4-12-29-21/h3-7,10-12,14-16,24H,13H2,1-2H3. The number of carbonyl (C=O) groups is 1. The van der Waals surface area contributed by atoms with Crippen molar-refractivity contribution in [1.29, 1.82) is 0 Å². The summed E-state index contributed by atoms with van der Waals surface area (Å²) < 4.78 is 28.5. The van der Waals surface area contributed by atoms with E-state index in [-0.39, 0.29) is 16.8 Å². The van der Waals surface area contributed by atoms with Crippen LogP contribution in [-0.4, -0.2) is 20.4 Å². The number of amides is 1. The van der Waals surface area contributed by atoms with Crippen molar-refractivity contribution in [3.8, 4) is 11.8 Å². The van der Waals surface area contributed by atoms with E-state index >= 15 is 0 Å². The first-order valence-electron chi connectivity index (χ1n) is 9.44. The Hall–Kier alpha value is -3.08. The highest BCUT2D eigenvalue weighted by Gasteiger charge is 2.30. The lowest BCUT2D eigenvalue weighted by Gasteiger charge is -2.20. The summed E-state index contributed by atoms with van der Waals surface area (Å²) in [6, 6.07) is 15.8. The molecule has 1 aliphatic rings. The molecule has 1 N–H and O–H groups in total. The largest absolute Gasteiger partial charge is 0.309 e. The van der Waals surface area contributed by atoms with Crippen LogP contribution in [0.2, 0.25) is 0 Å². The van der Waals surface area contributed by atoms with Crippen molar-refractivity contribution >= 4 is 38.6 Å². The first kappa shape index (κ1) is 20.2. The molecule has 5 nitrogen and oxygen atoms in total. The number of hydrogen-bond acceptors (Lipinski definition) is 4. The molecule has 30 heavy (non-hydrogen) atoms. The van der Waals surface area contributed by atoms with Crippen LogP contribution in [0, 0.1) is 11.8 Å². The predicted octanol–water partition coefficient (Wildman–Crippen LogP) is 4.25. The molecule has 3 aromatic rings. The summed E-state index contributed by atoms with van der Waals surface area (Å²) in [5, 5.41) is 1.96. The van der Waals surface area contributed by atoms with Crippen LogP contribution in [0.25, 0.3) is 0 Å². The minimum absolute atomic E-state index is 0.0158. The van der Waals surface area contributed by atoms with Crippen LogP contribution < -0.4 is 9.62 Å². The number of sulfonamides is 1. The summed E-state index contributed by atoms with van der Waals surface area (Å²) in [7, 11) is -3.76. The summed E-state index contributed by atoms with van der Waals surface area (Å²) in [5.74, 6) is 6.08. The van der Waals surface area contributed by atoms with Gasteiger partial charge in [0, 0.05) is 24.2 Å². The van der Waals surface area contributed by atoms with Gasteiger partial charge < -0.3 is 4.90 Å². The minimum Gasteiger partial charge on any atom is -0.309 e. The summed E-state index contributed by atoms with van der Waals surface area (Å²) in [4.78, 5) is 14.7. The Morgan fingerprint density at radius 2 is 1.97 bits per heavy atom. The van der Waals surface area contributed by atoms with Crippen LogP contribution in [0.4, 0.5) is 11.4 Å². The SMILES string of the molecule is CC(=O)N1c2ccc(S(=O)(=O)Nc3cccc(C#Cc4cccs4)c3)cc2CC1C. The summed E-state index contributed by atoms with van der Waals surface area (Å²) >= 11 is 1.56. The first-order valence-corrected chi connectivity index (χ1v) is 11.8. The third-order valence-corrected chi connectivity index (χ3v) is 7.05. The predicted molar refractivity (Wildman–Crippen MR) is 120 cm³/mol. The number of anilines is 2. The zero-order valence-corrected chi connectivity index (χ0v) is 18.2. The van der Waals surface area contributed by atoms with Crippen molar-refractivity contribution in [1.82, 2.24) is 0 Å². The van der Waals surface area contributed by atoms with Gasteiger partial charge in [-0.15, -0.1) is 11.3 Å². The monoisotopic (exact) mass is 436 g/mol. The molecule has 0 spiro atoms. The molecular weight excluding hydrogens is 416 g/mol. The van der Waals surface area contributed by atoms with E-state index in [2.05, 4.69) is 16.6 Å². The molecule has 1 unspecified atom stereocenters. The maximum absolute atomic E-state index is 12.9. The van der Waals surface area contributed by atoms with Crippen molar-refractivity contribution in [3.63, 3.8) is 0 Å². The maximum atomic E-state index is 12.9. The highest BCUT2D eigenvalue weighted by atomic mass is 32.2. The number of fused-ring (bicyclic) bond motifs is 1. The molecule has 0 bridgehead atoms. The Bertz CT molecular complexity index is 1270. The van der Waals surface area contributed by atoms with Gasteiger partial charge in [0.05, 0.1) is 15.5 Å². The molecule has 1 amide bonds. The molecule has 4 rings (SSSR count). The number of benzene rings is 2. The van der Waals surface area contributed by atoms with Gasteiger partial charge in [0.1, 0.15) is 0 Å². The van der Waals surface area contributed by atoms with Gasteiger partial charge >= 0.3 is 0 Å². The fourth-order valence-electron chi connectivity index (χ4n) is 3.61. The van der Waals surface area contributed by atoms with E-state index in [4.69, 9.17) is 0 Å². The average Bonchev–Trinajstić information content (AvgIpc) is 3.32. The molecule has 0 saturated heterocycles. The van der Waals surface area contributed by atoms with Crippen molar-refractivity contribution in [2.75, 3.05) is 9.62 Å². The topological polar surface area (TPSA) is 66.5 Å². The smallest absolute Gasteiger partial charge is 0.261 e. The molecule has 0 fully saturated rings. The molecule has 1 aromatic heterocycles. The Balaban J connectivity index is 1.58. The second-order valence-electron chi connectivity index (χ2n) is 7.15. The maximum Gasteiger partial charge on any atom is 0.261 e. The summed E-state index contributed by atoms with van der Waals surface area (Å²) in [6.45, 7) is 3.47. The lowest BCUT2D eigenvalue weighted by atomic mass is 10.1. The number of carbonyl (C=O) groups excluding carboxylic acids is 1. The number of nitrogens with one attached hydrogen (secondary N) is 1. The lowest BCUT2D eigenvalue weighted by molar-refractivity contribution is -0.116. The molecular formula is C23H20N2O3S2. The van der Waals surface area contributed by atoms with Gasteiger partial charge in [-0.05, 0) is 66.8 Å². The molecule has 0 radical (unpaired) electrons. The minimum atomic E-state index is -3.76. The fourth-order valence-corrected chi connectivity index (χ4v) is 5.28. The van der Waals surface area contributed by atoms with Crippen molar-refractivity contribution < 1.29 is 13.2 Å². The van der Waals surface area contributed by atoms with Crippen molar-refractivity contribution in [2.24, 2.45) is 0 Å². The lowest BCUT2D eigenvalue weighted by Crippen LogP contribution is -2.33. The van der Waals surface area contributed by atoms with Gasteiger partial charge in [-0.25, -0.2) is 8.42 Å². The van der Waals surface area contributed by atoms with Crippen molar-refractivity contribution in [2.45, 2.75) is 31.2 Å². The quantitative estimate of drug-likeness (QED) is 0.625. The van der Waals surface area contributed by atoms with Crippen LogP contribution in [0.1, 0.15) is 29.9 Å². The zero-order valence-electron chi connectivity index (χ0n) is 16.5. The van der Waals surface area contributed by atoms with E-state index in [0.29, 0.717) is 12.1 Å². The Labute approximate surface area is 180 Å². The van der Waals surface area contributed by atoms with E-state index in [1.165, 1.54) is 13.0 Å². The molecule has 2 aromatic carbocycles. The molecule has 1 atom stereocenters. The van der Waals surface area contributed by atoms with E-state index in [9.17, 15) is 13.2 Å². The fraction of sp³-hybridized carbons (Fsp3) is 0.174. The molecule has 1 aliphatic heterocycles. The second kappa shape index (κ2) is 7.98. The average molecular weight is 437 g/mol. The van der Waals surface area contributed by atoms with Gasteiger partial charge in [0.15, 0.2) is 0 Å². The van der Waals surface area contributed by atoms with Gasteiger partial charge in [-0.3, -0.25) is 9.52 Å². The van der Waals surface area contributed by atoms with Gasteiger partial charge in [0.25, 0.3) is 10.0 Å². The summed E-state index contributed by atoms with van der Waals surface area (Å²) in [5.41, 5.74) is 2.81. The van der Waals surface area contributed by atoms with Crippen LogP contribution in [0.15, 0.2) is 64.9 Å². The van der Waals surface area contributed by atoms with Crippen LogP contribution in [0.3, 0.4) is 0 Å². The van der Waals surface area contributed by atoms with E-state index in [1.54, 1.807) is 46.6 Å². The number of thiophene rings is 1. The normalized spacial score (nSPS) is 15.3. The molecule has 0 aliphatic carbocycles. The van der Waals surface area contributed by atoms with Gasteiger partial charge in [-0.1, -0.05) is 24.0 Å². The Kier molecular flexibility index (Phi) is 5.37. The van der Waals surface area contributed by atoms with Crippen LogP contribution >= 0.6 is 11.3 Å². The van der Waals surface area contributed by atoms with Crippen LogP contribution in [0.5, 0.6) is 0 Å². The molecule has 152 valence electrons. The number of nitrogens with zero attached hydrogens (tertiary/aromatic N) is 1. The highest BCUT2D eigenvalue weighted by molar-refractivity contribution is 7.92. The Morgan fingerprint density at radius 1 is 1.13 bits per heavy atom. The highest BCUT2D eigenvalue weighted by Crippen LogP contribution is 2.34. The number of rotatable bonds is 3. The summed E-state index contributed by atoms with van der Waals surface area (Å²) in [6.07, 6.45) is 0.631. The van der Waals surface area contributed by atoms with Gasteiger partial charge in [0.2, 0.25) is 5.91 Å². The molecule has 2 heterocycles. The zero-order chi connectivity index (χ0) is 21.3. The van der Waals surface area contributed by atoms with Crippen LogP contribution in [-0.2, 0) is 21.2 Å². The third-order valence-electron chi connectivity index (χ3n) is 4.88. The van der Waals surface area contributed by atoms with E-state index < -0.39 is 10.0 Å².